The van der Waals surface area contributed by atoms with E-state index in [2.05, 4.69) is 5.32 Å². The third kappa shape index (κ3) is 2.13. The van der Waals surface area contributed by atoms with E-state index in [-0.39, 0.29) is 12.6 Å². The van der Waals surface area contributed by atoms with Crippen molar-refractivity contribution in [1.29, 1.82) is 0 Å². The van der Waals surface area contributed by atoms with Crippen LogP contribution < -0.4 is 10.1 Å². The molecule has 16 heavy (non-hydrogen) atoms. The number of carboxylic acids is 1. The number of fused-ring (bicyclic) bond motifs is 1. The van der Waals surface area contributed by atoms with Gasteiger partial charge in [0.1, 0.15) is 11.9 Å². The molecule has 0 spiro atoms. The molecule has 2 N–H and O–H groups in total. The number of aliphatic carboxylic acids is 1. The summed E-state index contributed by atoms with van der Waals surface area (Å²) in [6, 6.07) is 7.60. The predicted molar refractivity (Wildman–Crippen MR) is 55.2 cm³/mol. The SMILES string of the molecule is O=C(O)C(=O)NCC1Cc2ccccc2O1. The number of nitrogens with one attached hydrogen (secondary N) is 1. The molecule has 0 fully saturated rings. The van der Waals surface area contributed by atoms with Gasteiger partial charge < -0.3 is 15.2 Å². The third-order valence-electron chi connectivity index (χ3n) is 2.40. The molecule has 1 aromatic carbocycles. The van der Waals surface area contributed by atoms with Gasteiger partial charge in [-0.15, -0.1) is 0 Å². The molecule has 1 aliphatic heterocycles. The number of carboxylic acid groups (broad SMARTS) is 1. The Morgan fingerprint density at radius 1 is 1.44 bits per heavy atom. The summed E-state index contributed by atoms with van der Waals surface area (Å²) in [7, 11) is 0. The largest absolute Gasteiger partial charge is 0.488 e. The summed E-state index contributed by atoms with van der Waals surface area (Å²) in [6.45, 7) is 0.208. The Hall–Kier alpha value is -2.04. The molecule has 0 bridgehead atoms. The maximum Gasteiger partial charge on any atom is 0.394 e. The molecule has 1 heterocycles. The van der Waals surface area contributed by atoms with Crippen LogP contribution in [0.5, 0.6) is 5.75 Å². The maximum absolute atomic E-state index is 10.8. The Bertz CT molecular complexity index is 405. The Kier molecular flexibility index (Phi) is 2.76. The van der Waals surface area contributed by atoms with E-state index in [4.69, 9.17) is 9.84 Å². The molecule has 0 saturated carbocycles. The van der Waals surface area contributed by atoms with Crippen LogP contribution in [-0.2, 0) is 16.0 Å². The number of rotatable bonds is 2. The average Bonchev–Trinajstić information content (AvgIpc) is 2.68. The van der Waals surface area contributed by atoms with Crippen LogP contribution in [0.25, 0.3) is 0 Å². The number of para-hydroxylation sites is 1. The fraction of sp³-hybridized carbons (Fsp3) is 0.273. The molecule has 5 heteroatoms. The first-order chi connectivity index (χ1) is 7.66. The minimum atomic E-state index is -1.48. The Balaban J connectivity index is 1.88. The van der Waals surface area contributed by atoms with Crippen LogP contribution in [0.1, 0.15) is 5.56 Å². The minimum Gasteiger partial charge on any atom is -0.488 e. The summed E-state index contributed by atoms with van der Waals surface area (Å²) in [5.41, 5.74) is 1.08. The molecular formula is C11H11NO4. The fourth-order valence-corrected chi connectivity index (χ4v) is 1.65. The van der Waals surface area contributed by atoms with Gasteiger partial charge in [-0.3, -0.25) is 4.79 Å². The Morgan fingerprint density at radius 3 is 2.88 bits per heavy atom. The van der Waals surface area contributed by atoms with Crippen LogP contribution in [0.15, 0.2) is 24.3 Å². The quantitative estimate of drug-likeness (QED) is 0.699. The second kappa shape index (κ2) is 4.22. The van der Waals surface area contributed by atoms with Crippen LogP contribution in [0.3, 0.4) is 0 Å². The molecular weight excluding hydrogens is 210 g/mol. The van der Waals surface area contributed by atoms with Crippen molar-refractivity contribution in [2.45, 2.75) is 12.5 Å². The first kappa shape index (κ1) is 10.5. The summed E-state index contributed by atoms with van der Waals surface area (Å²) < 4.78 is 5.53. The van der Waals surface area contributed by atoms with Gasteiger partial charge in [-0.2, -0.15) is 0 Å². The summed E-state index contributed by atoms with van der Waals surface area (Å²) in [5, 5.41) is 10.7. The number of carbonyl (C=O) groups excluding carboxylic acids is 1. The lowest BCUT2D eigenvalue weighted by Gasteiger charge is -2.10. The van der Waals surface area contributed by atoms with Gasteiger partial charge in [0.15, 0.2) is 0 Å². The molecule has 0 aliphatic carbocycles. The molecule has 2 rings (SSSR count). The van der Waals surface area contributed by atoms with Gasteiger partial charge in [-0.1, -0.05) is 18.2 Å². The molecule has 1 amide bonds. The monoisotopic (exact) mass is 221 g/mol. The predicted octanol–water partition coefficient (Wildman–Crippen LogP) is 0.191. The van der Waals surface area contributed by atoms with Gasteiger partial charge in [0.25, 0.3) is 0 Å². The molecule has 0 aromatic heterocycles. The van der Waals surface area contributed by atoms with E-state index in [1.54, 1.807) is 0 Å². The number of benzene rings is 1. The normalized spacial score (nSPS) is 17.4. The number of hydrogen-bond donors (Lipinski definition) is 2. The van der Waals surface area contributed by atoms with Crippen LogP contribution in [0.4, 0.5) is 0 Å². The number of amides is 1. The molecule has 84 valence electrons. The summed E-state index contributed by atoms with van der Waals surface area (Å²) in [6.07, 6.45) is 0.511. The van der Waals surface area contributed by atoms with E-state index in [1.807, 2.05) is 24.3 Å². The van der Waals surface area contributed by atoms with E-state index in [0.717, 1.165) is 11.3 Å². The van der Waals surface area contributed by atoms with Gasteiger partial charge in [0.05, 0.1) is 6.54 Å². The zero-order chi connectivity index (χ0) is 11.5. The van der Waals surface area contributed by atoms with Crippen LogP contribution in [0.2, 0.25) is 0 Å². The van der Waals surface area contributed by atoms with Crippen molar-refractivity contribution in [3.63, 3.8) is 0 Å². The van der Waals surface area contributed by atoms with E-state index < -0.39 is 11.9 Å². The summed E-state index contributed by atoms with van der Waals surface area (Å²) in [5.74, 6) is -1.67. The van der Waals surface area contributed by atoms with Crippen molar-refractivity contribution in [3.05, 3.63) is 29.8 Å². The van der Waals surface area contributed by atoms with Crippen molar-refractivity contribution in [2.24, 2.45) is 0 Å². The molecule has 1 aliphatic rings. The summed E-state index contributed by atoms with van der Waals surface area (Å²) >= 11 is 0. The highest BCUT2D eigenvalue weighted by molar-refractivity contribution is 6.31. The molecule has 5 nitrogen and oxygen atoms in total. The van der Waals surface area contributed by atoms with Crippen LogP contribution in [0, 0.1) is 0 Å². The third-order valence-corrected chi connectivity index (χ3v) is 2.40. The van der Waals surface area contributed by atoms with Crippen molar-refractivity contribution < 1.29 is 19.4 Å². The van der Waals surface area contributed by atoms with Crippen LogP contribution >= 0.6 is 0 Å². The second-order valence-corrected chi connectivity index (χ2v) is 3.57. The standard InChI is InChI=1S/C11H11NO4/c13-10(11(14)15)12-6-8-5-7-3-1-2-4-9(7)16-8/h1-4,8H,5-6H2,(H,12,13)(H,14,15). The van der Waals surface area contributed by atoms with E-state index in [1.165, 1.54) is 0 Å². The average molecular weight is 221 g/mol. The molecule has 0 saturated heterocycles. The van der Waals surface area contributed by atoms with Crippen molar-refractivity contribution in [2.75, 3.05) is 6.54 Å². The minimum absolute atomic E-state index is 0.180. The van der Waals surface area contributed by atoms with Crippen molar-refractivity contribution in [1.82, 2.24) is 5.32 Å². The number of ether oxygens (including phenoxy) is 1. The maximum atomic E-state index is 10.8. The Labute approximate surface area is 92.0 Å². The highest BCUT2D eigenvalue weighted by Crippen LogP contribution is 2.27. The Morgan fingerprint density at radius 2 is 2.19 bits per heavy atom. The number of hydrogen-bond acceptors (Lipinski definition) is 3. The van der Waals surface area contributed by atoms with E-state index >= 15 is 0 Å². The van der Waals surface area contributed by atoms with Gasteiger partial charge in [-0.25, -0.2) is 4.79 Å². The first-order valence-corrected chi connectivity index (χ1v) is 4.92. The lowest BCUT2D eigenvalue weighted by atomic mass is 10.1. The molecule has 1 unspecified atom stereocenters. The van der Waals surface area contributed by atoms with Gasteiger partial charge in [0.2, 0.25) is 0 Å². The van der Waals surface area contributed by atoms with Crippen molar-refractivity contribution in [3.8, 4) is 5.75 Å². The second-order valence-electron chi connectivity index (χ2n) is 3.57. The topological polar surface area (TPSA) is 75.6 Å². The highest BCUT2D eigenvalue weighted by atomic mass is 16.5. The zero-order valence-electron chi connectivity index (χ0n) is 8.47. The van der Waals surface area contributed by atoms with E-state index in [9.17, 15) is 9.59 Å². The molecule has 1 atom stereocenters. The summed E-state index contributed by atoms with van der Waals surface area (Å²) in [4.78, 5) is 21.1. The van der Waals surface area contributed by atoms with Gasteiger partial charge in [0, 0.05) is 6.42 Å². The smallest absolute Gasteiger partial charge is 0.394 e. The van der Waals surface area contributed by atoms with E-state index in [0.29, 0.717) is 6.42 Å². The first-order valence-electron chi connectivity index (χ1n) is 4.92. The van der Waals surface area contributed by atoms with Gasteiger partial charge in [-0.05, 0) is 11.6 Å². The molecule has 0 radical (unpaired) electrons. The number of carbonyl (C=O) groups is 2. The lowest BCUT2D eigenvalue weighted by Crippen LogP contribution is -2.38. The lowest BCUT2D eigenvalue weighted by molar-refractivity contribution is -0.150. The molecule has 1 aromatic rings. The van der Waals surface area contributed by atoms with Crippen molar-refractivity contribution >= 4 is 11.9 Å². The zero-order valence-corrected chi connectivity index (χ0v) is 8.47. The highest BCUT2D eigenvalue weighted by Gasteiger charge is 2.23. The van der Waals surface area contributed by atoms with Crippen LogP contribution in [-0.4, -0.2) is 29.6 Å². The van der Waals surface area contributed by atoms with Gasteiger partial charge >= 0.3 is 11.9 Å². The fourth-order valence-electron chi connectivity index (χ4n) is 1.65.